The minimum Gasteiger partial charge on any atom is -0.380 e. The quantitative estimate of drug-likeness (QED) is 0.618. The van der Waals surface area contributed by atoms with Crippen LogP contribution >= 0.6 is 0 Å². The summed E-state index contributed by atoms with van der Waals surface area (Å²) in [7, 11) is 0. The Kier molecular flexibility index (Phi) is 6.06. The van der Waals surface area contributed by atoms with Gasteiger partial charge in [-0.1, -0.05) is 18.2 Å². The van der Waals surface area contributed by atoms with Gasteiger partial charge in [0.25, 0.3) is 6.43 Å². The fraction of sp³-hybridized carbons (Fsp3) is 0.348. The van der Waals surface area contributed by atoms with Crippen molar-refractivity contribution in [3.05, 3.63) is 65.4 Å². The number of likely N-dealkylation sites (tertiary alicyclic amines) is 1. The third-order valence-corrected chi connectivity index (χ3v) is 5.82. The van der Waals surface area contributed by atoms with Crippen LogP contribution in [0.2, 0.25) is 0 Å². The number of anilines is 1. The van der Waals surface area contributed by atoms with Gasteiger partial charge in [-0.15, -0.1) is 0 Å². The second kappa shape index (κ2) is 8.91. The zero-order valence-electron chi connectivity index (χ0n) is 17.1. The van der Waals surface area contributed by atoms with Crippen molar-refractivity contribution < 1.29 is 18.0 Å². The molecule has 1 N–H and O–H groups in total. The molecule has 31 heavy (non-hydrogen) atoms. The van der Waals surface area contributed by atoms with Gasteiger partial charge in [0.05, 0.1) is 17.3 Å². The number of amides is 1. The average Bonchev–Trinajstić information content (AvgIpc) is 2.78. The van der Waals surface area contributed by atoms with Gasteiger partial charge in [0.15, 0.2) is 0 Å². The number of alkyl halides is 2. The van der Waals surface area contributed by atoms with Gasteiger partial charge in [0.1, 0.15) is 5.82 Å². The summed E-state index contributed by atoms with van der Waals surface area (Å²) in [4.78, 5) is 22.3. The Balaban J connectivity index is 1.56. The maximum absolute atomic E-state index is 14.4. The standard InChI is InChI=1S/C23H23F3N4O/c1-14(31)30-9-6-15(7-10-30)20-11-18-19(5-8-27-21(18)13-29-20)28-12-16-3-2-4-17(22(16)24)23(25)26/h2-5,8,11,13,15,23H,6-7,9-10,12H2,1H3,(H,27,28). The molecule has 1 fully saturated rings. The SMILES string of the molecule is CC(=O)N1CCC(c2cc3c(NCc4cccc(C(F)F)c4F)ccnc3cn2)CC1. The number of aromatic nitrogens is 2. The van der Waals surface area contributed by atoms with Gasteiger partial charge in [0.2, 0.25) is 5.91 Å². The predicted octanol–water partition coefficient (Wildman–Crippen LogP) is 5.04. The fourth-order valence-electron chi connectivity index (χ4n) is 4.03. The lowest BCUT2D eigenvalue weighted by Gasteiger charge is -2.31. The molecule has 8 heteroatoms. The molecule has 0 unspecified atom stereocenters. The summed E-state index contributed by atoms with van der Waals surface area (Å²) in [6.45, 7) is 3.06. The van der Waals surface area contributed by atoms with E-state index >= 15 is 0 Å². The van der Waals surface area contributed by atoms with Gasteiger partial charge >= 0.3 is 0 Å². The molecule has 5 nitrogen and oxygen atoms in total. The number of nitrogens with one attached hydrogen (secondary N) is 1. The van der Waals surface area contributed by atoms with Gasteiger partial charge in [-0.2, -0.15) is 0 Å². The topological polar surface area (TPSA) is 58.1 Å². The molecule has 0 aliphatic carbocycles. The van der Waals surface area contributed by atoms with Crippen molar-refractivity contribution in [1.82, 2.24) is 14.9 Å². The molecular formula is C23H23F3N4O. The van der Waals surface area contributed by atoms with Crippen LogP contribution in [0.4, 0.5) is 18.9 Å². The second-order valence-electron chi connectivity index (χ2n) is 7.74. The Morgan fingerprint density at radius 3 is 2.71 bits per heavy atom. The molecule has 2 aromatic heterocycles. The molecular weight excluding hydrogens is 405 g/mol. The Labute approximate surface area is 178 Å². The first-order valence-corrected chi connectivity index (χ1v) is 10.2. The highest BCUT2D eigenvalue weighted by Gasteiger charge is 2.23. The maximum atomic E-state index is 14.4. The van der Waals surface area contributed by atoms with Crippen molar-refractivity contribution in [3.63, 3.8) is 0 Å². The molecule has 0 radical (unpaired) electrons. The number of hydrogen-bond donors (Lipinski definition) is 1. The van der Waals surface area contributed by atoms with E-state index in [4.69, 9.17) is 0 Å². The third kappa shape index (κ3) is 4.47. The van der Waals surface area contributed by atoms with E-state index in [0.29, 0.717) is 18.6 Å². The number of piperidine rings is 1. The fourth-order valence-corrected chi connectivity index (χ4v) is 4.03. The molecule has 1 aliphatic rings. The normalized spacial score (nSPS) is 14.9. The molecule has 0 spiro atoms. The van der Waals surface area contributed by atoms with Gasteiger partial charge in [-0.3, -0.25) is 14.8 Å². The Morgan fingerprint density at radius 1 is 1.23 bits per heavy atom. The van der Waals surface area contributed by atoms with Gasteiger partial charge in [0, 0.05) is 61.0 Å². The lowest BCUT2D eigenvalue weighted by atomic mass is 9.92. The van der Waals surface area contributed by atoms with Crippen LogP contribution < -0.4 is 5.32 Å². The number of hydrogen-bond acceptors (Lipinski definition) is 4. The monoisotopic (exact) mass is 428 g/mol. The lowest BCUT2D eigenvalue weighted by molar-refractivity contribution is -0.129. The number of halogens is 3. The van der Waals surface area contributed by atoms with Crippen molar-refractivity contribution in [2.75, 3.05) is 18.4 Å². The van der Waals surface area contributed by atoms with Crippen LogP contribution in [0.1, 0.15) is 48.9 Å². The van der Waals surface area contributed by atoms with E-state index in [-0.39, 0.29) is 23.9 Å². The Morgan fingerprint density at radius 2 is 2.00 bits per heavy atom. The predicted molar refractivity (Wildman–Crippen MR) is 112 cm³/mol. The van der Waals surface area contributed by atoms with Crippen molar-refractivity contribution >= 4 is 22.5 Å². The number of fused-ring (bicyclic) bond motifs is 1. The maximum Gasteiger partial charge on any atom is 0.266 e. The highest BCUT2D eigenvalue weighted by Crippen LogP contribution is 2.31. The van der Waals surface area contributed by atoms with Crippen LogP contribution in [-0.4, -0.2) is 33.9 Å². The van der Waals surface area contributed by atoms with E-state index in [1.54, 1.807) is 25.4 Å². The molecule has 1 aromatic carbocycles. The summed E-state index contributed by atoms with van der Waals surface area (Å²) in [5.74, 6) is -0.556. The zero-order valence-corrected chi connectivity index (χ0v) is 17.1. The smallest absolute Gasteiger partial charge is 0.266 e. The summed E-state index contributed by atoms with van der Waals surface area (Å²) < 4.78 is 40.3. The van der Waals surface area contributed by atoms with Crippen LogP contribution in [0.5, 0.6) is 0 Å². The number of carbonyl (C=O) groups is 1. The molecule has 1 aliphatic heterocycles. The summed E-state index contributed by atoms with van der Waals surface area (Å²) in [6, 6.07) is 7.78. The summed E-state index contributed by atoms with van der Waals surface area (Å²) >= 11 is 0. The largest absolute Gasteiger partial charge is 0.380 e. The van der Waals surface area contributed by atoms with Crippen LogP contribution in [0, 0.1) is 5.82 Å². The minimum absolute atomic E-state index is 0.0696. The lowest BCUT2D eigenvalue weighted by Crippen LogP contribution is -2.36. The first-order valence-electron chi connectivity index (χ1n) is 10.2. The summed E-state index contributed by atoms with van der Waals surface area (Å²) in [6.07, 6.45) is 2.17. The molecule has 0 atom stereocenters. The summed E-state index contributed by atoms with van der Waals surface area (Å²) in [5, 5.41) is 4.00. The molecule has 3 aromatic rings. The molecule has 3 heterocycles. The van der Waals surface area contributed by atoms with Crippen LogP contribution in [-0.2, 0) is 11.3 Å². The molecule has 162 valence electrons. The van der Waals surface area contributed by atoms with E-state index in [2.05, 4.69) is 15.3 Å². The van der Waals surface area contributed by atoms with Gasteiger partial charge in [-0.05, 0) is 25.0 Å². The second-order valence-corrected chi connectivity index (χ2v) is 7.74. The van der Waals surface area contributed by atoms with Crippen molar-refractivity contribution in [2.45, 2.75) is 38.7 Å². The van der Waals surface area contributed by atoms with Crippen LogP contribution in [0.3, 0.4) is 0 Å². The number of pyridine rings is 2. The number of carbonyl (C=O) groups excluding carboxylic acids is 1. The molecule has 4 rings (SSSR count). The van der Waals surface area contributed by atoms with Crippen molar-refractivity contribution in [1.29, 1.82) is 0 Å². The molecule has 0 saturated carbocycles. The molecule has 1 saturated heterocycles. The molecule has 1 amide bonds. The van der Waals surface area contributed by atoms with E-state index in [1.807, 2.05) is 11.0 Å². The molecule has 0 bridgehead atoms. The van der Waals surface area contributed by atoms with Gasteiger partial charge in [-0.25, -0.2) is 13.2 Å². The highest BCUT2D eigenvalue weighted by atomic mass is 19.3. The number of benzene rings is 1. The Hall–Kier alpha value is -3.16. The van der Waals surface area contributed by atoms with Crippen LogP contribution in [0.15, 0.2) is 42.7 Å². The third-order valence-electron chi connectivity index (χ3n) is 5.82. The first kappa shape index (κ1) is 21.1. The van der Waals surface area contributed by atoms with E-state index in [0.717, 1.165) is 35.7 Å². The van der Waals surface area contributed by atoms with E-state index in [9.17, 15) is 18.0 Å². The highest BCUT2D eigenvalue weighted by molar-refractivity contribution is 5.90. The summed E-state index contributed by atoms with van der Waals surface area (Å²) in [5.41, 5.74) is 1.93. The average molecular weight is 428 g/mol. The van der Waals surface area contributed by atoms with E-state index in [1.165, 1.54) is 12.1 Å². The minimum atomic E-state index is -2.86. The van der Waals surface area contributed by atoms with Gasteiger partial charge < -0.3 is 10.2 Å². The van der Waals surface area contributed by atoms with Crippen molar-refractivity contribution in [2.24, 2.45) is 0 Å². The van der Waals surface area contributed by atoms with Crippen LogP contribution in [0.25, 0.3) is 10.9 Å². The Bertz CT molecular complexity index is 1100. The first-order chi connectivity index (χ1) is 14.9. The van der Waals surface area contributed by atoms with E-state index < -0.39 is 17.8 Å². The number of rotatable bonds is 5. The zero-order chi connectivity index (χ0) is 22.0. The van der Waals surface area contributed by atoms with Crippen molar-refractivity contribution in [3.8, 4) is 0 Å². The number of nitrogens with zero attached hydrogens (tertiary/aromatic N) is 3.